The Bertz CT molecular complexity index is 575. The van der Waals surface area contributed by atoms with Crippen LogP contribution in [0.25, 0.3) is 11.1 Å². The summed E-state index contributed by atoms with van der Waals surface area (Å²) >= 11 is 5.89. The molecule has 104 valence electrons. The molecule has 2 rings (SSSR count). The van der Waals surface area contributed by atoms with E-state index in [2.05, 4.69) is 29.6 Å². The predicted molar refractivity (Wildman–Crippen MR) is 83.9 cm³/mol. The van der Waals surface area contributed by atoms with Crippen molar-refractivity contribution >= 4 is 17.5 Å². The van der Waals surface area contributed by atoms with E-state index >= 15 is 0 Å². The zero-order valence-corrected chi connectivity index (χ0v) is 12.4. The molecule has 0 spiro atoms. The Kier molecular flexibility index (Phi) is 4.80. The van der Waals surface area contributed by atoms with Gasteiger partial charge in [-0.25, -0.2) is 0 Å². The quantitative estimate of drug-likeness (QED) is 0.902. The van der Waals surface area contributed by atoms with Crippen LogP contribution in [0.5, 0.6) is 0 Å². The summed E-state index contributed by atoms with van der Waals surface area (Å²) in [5, 5.41) is 3.64. The predicted octanol–water partition coefficient (Wildman–Crippen LogP) is 4.07. The maximum absolute atomic E-state index is 11.0. The van der Waals surface area contributed by atoms with Gasteiger partial charge in [-0.3, -0.25) is 4.79 Å². The Labute approximate surface area is 124 Å². The summed E-state index contributed by atoms with van der Waals surface area (Å²) in [5.41, 5.74) is 3.53. The van der Waals surface area contributed by atoms with Gasteiger partial charge in [0, 0.05) is 18.0 Å². The first-order valence-corrected chi connectivity index (χ1v) is 7.04. The maximum Gasteiger partial charge on any atom is 0.217 e. The zero-order chi connectivity index (χ0) is 14.5. The summed E-state index contributed by atoms with van der Waals surface area (Å²) < 4.78 is 0. The van der Waals surface area contributed by atoms with Gasteiger partial charge in [0.25, 0.3) is 0 Å². The van der Waals surface area contributed by atoms with Crippen LogP contribution in [-0.2, 0) is 11.2 Å². The molecular weight excluding hydrogens is 270 g/mol. The van der Waals surface area contributed by atoms with Crippen LogP contribution in [0.4, 0.5) is 0 Å². The van der Waals surface area contributed by atoms with Crippen molar-refractivity contribution in [2.24, 2.45) is 0 Å². The van der Waals surface area contributed by atoms with Gasteiger partial charge in [0.05, 0.1) is 0 Å². The van der Waals surface area contributed by atoms with Crippen LogP contribution in [-0.4, -0.2) is 11.9 Å². The molecule has 0 saturated carbocycles. The average Bonchev–Trinajstić information content (AvgIpc) is 2.39. The minimum Gasteiger partial charge on any atom is -0.354 e. The van der Waals surface area contributed by atoms with Gasteiger partial charge in [-0.05, 0) is 42.2 Å². The molecule has 0 saturated heterocycles. The third-order valence-corrected chi connectivity index (χ3v) is 3.38. The highest BCUT2D eigenvalue weighted by molar-refractivity contribution is 6.30. The summed E-state index contributed by atoms with van der Waals surface area (Å²) in [5.74, 6) is 0.00952. The molecule has 3 heteroatoms. The number of amides is 1. The lowest BCUT2D eigenvalue weighted by Crippen LogP contribution is -2.31. The van der Waals surface area contributed by atoms with E-state index in [1.165, 1.54) is 5.56 Å². The van der Waals surface area contributed by atoms with Crippen molar-refractivity contribution in [2.75, 3.05) is 0 Å². The van der Waals surface area contributed by atoms with Crippen molar-refractivity contribution in [1.29, 1.82) is 0 Å². The van der Waals surface area contributed by atoms with E-state index < -0.39 is 0 Å². The molecule has 0 aromatic heterocycles. The lowest BCUT2D eigenvalue weighted by molar-refractivity contribution is -0.119. The van der Waals surface area contributed by atoms with Crippen molar-refractivity contribution in [3.05, 3.63) is 59.1 Å². The summed E-state index contributed by atoms with van der Waals surface area (Å²) in [6.07, 6.45) is 0.834. The van der Waals surface area contributed by atoms with Crippen LogP contribution in [0.3, 0.4) is 0 Å². The second-order valence-corrected chi connectivity index (χ2v) is 5.45. The number of carbonyl (C=O) groups is 1. The fourth-order valence-corrected chi connectivity index (χ4v) is 2.35. The molecule has 0 heterocycles. The van der Waals surface area contributed by atoms with Crippen LogP contribution in [0, 0.1) is 0 Å². The highest BCUT2D eigenvalue weighted by atomic mass is 35.5. The van der Waals surface area contributed by atoms with Crippen molar-refractivity contribution in [2.45, 2.75) is 26.3 Å². The highest BCUT2D eigenvalue weighted by Crippen LogP contribution is 2.22. The number of carbonyl (C=O) groups excluding carboxylic acids is 1. The van der Waals surface area contributed by atoms with E-state index in [4.69, 9.17) is 11.6 Å². The van der Waals surface area contributed by atoms with E-state index in [-0.39, 0.29) is 11.9 Å². The molecule has 0 aliphatic carbocycles. The van der Waals surface area contributed by atoms with Gasteiger partial charge in [-0.1, -0.05) is 48.0 Å². The molecule has 1 amide bonds. The summed E-state index contributed by atoms with van der Waals surface area (Å²) in [6.45, 7) is 3.55. The fourth-order valence-electron chi connectivity index (χ4n) is 2.23. The van der Waals surface area contributed by atoms with Gasteiger partial charge in [0.1, 0.15) is 0 Å². The molecule has 20 heavy (non-hydrogen) atoms. The van der Waals surface area contributed by atoms with Crippen LogP contribution in [0.2, 0.25) is 5.02 Å². The van der Waals surface area contributed by atoms with Crippen LogP contribution < -0.4 is 5.32 Å². The lowest BCUT2D eigenvalue weighted by atomic mass is 10.0. The third kappa shape index (κ3) is 4.10. The molecule has 2 aromatic carbocycles. The third-order valence-electron chi connectivity index (χ3n) is 3.12. The molecule has 2 nitrogen and oxygen atoms in total. The zero-order valence-electron chi connectivity index (χ0n) is 11.7. The van der Waals surface area contributed by atoms with Crippen molar-refractivity contribution < 1.29 is 4.79 Å². The van der Waals surface area contributed by atoms with Gasteiger partial charge in [0.15, 0.2) is 0 Å². The van der Waals surface area contributed by atoms with Gasteiger partial charge < -0.3 is 5.32 Å². The minimum atomic E-state index is 0.00952. The normalized spacial score (nSPS) is 11.9. The smallest absolute Gasteiger partial charge is 0.217 e. The van der Waals surface area contributed by atoms with Crippen LogP contribution >= 0.6 is 11.6 Å². The number of rotatable bonds is 4. The summed E-state index contributed by atoms with van der Waals surface area (Å²) in [4.78, 5) is 11.0. The SMILES string of the molecule is CC(=O)NC(C)Cc1ccc(-c2ccc(Cl)cc2)cc1. The summed E-state index contributed by atoms with van der Waals surface area (Å²) in [7, 11) is 0. The first kappa shape index (κ1) is 14.6. The molecular formula is C17H18ClNO. The molecule has 1 N–H and O–H groups in total. The van der Waals surface area contributed by atoms with Gasteiger partial charge in [0.2, 0.25) is 5.91 Å². The average molecular weight is 288 g/mol. The molecule has 0 bridgehead atoms. The van der Waals surface area contributed by atoms with E-state index in [0.717, 1.165) is 22.6 Å². The van der Waals surface area contributed by atoms with E-state index in [0.29, 0.717) is 0 Å². The second-order valence-electron chi connectivity index (χ2n) is 5.01. The largest absolute Gasteiger partial charge is 0.354 e. The van der Waals surface area contributed by atoms with Crippen molar-refractivity contribution in [3.8, 4) is 11.1 Å². The highest BCUT2D eigenvalue weighted by Gasteiger charge is 2.05. The second kappa shape index (κ2) is 6.58. The monoisotopic (exact) mass is 287 g/mol. The topological polar surface area (TPSA) is 29.1 Å². The van der Waals surface area contributed by atoms with Gasteiger partial charge in [-0.2, -0.15) is 0 Å². The van der Waals surface area contributed by atoms with Crippen LogP contribution in [0.15, 0.2) is 48.5 Å². The minimum absolute atomic E-state index is 0.00952. The van der Waals surface area contributed by atoms with Crippen molar-refractivity contribution in [1.82, 2.24) is 5.32 Å². The summed E-state index contributed by atoms with van der Waals surface area (Å²) in [6, 6.07) is 16.3. The van der Waals surface area contributed by atoms with Gasteiger partial charge >= 0.3 is 0 Å². The molecule has 0 aliphatic heterocycles. The number of halogens is 1. The molecule has 0 fully saturated rings. The molecule has 0 radical (unpaired) electrons. The molecule has 2 aromatic rings. The Morgan fingerprint density at radius 1 is 1.05 bits per heavy atom. The number of nitrogens with one attached hydrogen (secondary N) is 1. The van der Waals surface area contributed by atoms with Crippen molar-refractivity contribution in [3.63, 3.8) is 0 Å². The molecule has 0 aliphatic rings. The first-order valence-electron chi connectivity index (χ1n) is 6.66. The standard InChI is InChI=1S/C17H18ClNO/c1-12(19-13(2)20)11-14-3-5-15(6-4-14)16-7-9-17(18)10-8-16/h3-10,12H,11H2,1-2H3,(H,19,20). The number of hydrogen-bond donors (Lipinski definition) is 1. The maximum atomic E-state index is 11.0. The van der Waals surface area contributed by atoms with E-state index in [9.17, 15) is 4.79 Å². The Morgan fingerprint density at radius 2 is 1.55 bits per heavy atom. The fraction of sp³-hybridized carbons (Fsp3) is 0.235. The molecule has 1 atom stereocenters. The number of hydrogen-bond acceptors (Lipinski definition) is 1. The van der Waals surface area contributed by atoms with E-state index in [1.807, 2.05) is 31.2 Å². The lowest BCUT2D eigenvalue weighted by Gasteiger charge is -2.12. The Hall–Kier alpha value is -1.80. The van der Waals surface area contributed by atoms with E-state index in [1.54, 1.807) is 6.92 Å². The number of benzene rings is 2. The van der Waals surface area contributed by atoms with Gasteiger partial charge in [-0.15, -0.1) is 0 Å². The van der Waals surface area contributed by atoms with Crippen LogP contribution in [0.1, 0.15) is 19.4 Å². The molecule has 1 unspecified atom stereocenters. The Morgan fingerprint density at radius 3 is 2.05 bits per heavy atom. The first-order chi connectivity index (χ1) is 9.54. The Balaban J connectivity index is 2.06.